The lowest BCUT2D eigenvalue weighted by atomic mass is 9.86. The van der Waals surface area contributed by atoms with Crippen molar-refractivity contribution < 1.29 is 24.9 Å². The van der Waals surface area contributed by atoms with Gasteiger partial charge in [0.05, 0.1) is 18.6 Å². The fourth-order valence-electron chi connectivity index (χ4n) is 2.54. The number of amides is 2. The average Bonchev–Trinajstić information content (AvgIpc) is 2.64. The van der Waals surface area contributed by atoms with Crippen LogP contribution in [0.15, 0.2) is 24.3 Å². The van der Waals surface area contributed by atoms with Crippen molar-refractivity contribution in [2.45, 2.75) is 31.0 Å². The van der Waals surface area contributed by atoms with Gasteiger partial charge in [0.2, 0.25) is 5.91 Å². The molecule has 1 saturated heterocycles. The van der Waals surface area contributed by atoms with Crippen LogP contribution < -0.4 is 0 Å². The van der Waals surface area contributed by atoms with Gasteiger partial charge in [-0.3, -0.25) is 14.5 Å². The summed E-state index contributed by atoms with van der Waals surface area (Å²) in [5.74, 6) is -1.81. The number of likely N-dealkylation sites (tertiary alicyclic amines) is 1. The highest BCUT2D eigenvalue weighted by Gasteiger charge is 2.56. The number of fused-ring (bicyclic) bond motifs is 1. The zero-order valence-electron chi connectivity index (χ0n) is 11.1. The van der Waals surface area contributed by atoms with Crippen molar-refractivity contribution in [1.29, 1.82) is 0 Å². The molecule has 0 saturated carbocycles. The van der Waals surface area contributed by atoms with E-state index in [0.717, 1.165) is 4.90 Å². The highest BCUT2D eigenvalue weighted by atomic mass is 16.3. The van der Waals surface area contributed by atoms with Gasteiger partial charge in [-0.2, -0.15) is 0 Å². The van der Waals surface area contributed by atoms with E-state index in [0.29, 0.717) is 19.3 Å². The van der Waals surface area contributed by atoms with E-state index in [1.165, 1.54) is 12.2 Å². The molecule has 110 valence electrons. The molecule has 0 aromatic carbocycles. The van der Waals surface area contributed by atoms with Crippen molar-refractivity contribution in [3.8, 4) is 0 Å². The third kappa shape index (κ3) is 2.54. The fourth-order valence-corrected chi connectivity index (χ4v) is 2.54. The van der Waals surface area contributed by atoms with E-state index in [4.69, 9.17) is 5.11 Å². The molecule has 20 heavy (non-hydrogen) atoms. The second kappa shape index (κ2) is 5.87. The Morgan fingerprint density at radius 2 is 2.05 bits per heavy atom. The molecule has 0 radical (unpaired) electrons. The number of allylic oxidation sites excluding steroid dienone is 2. The molecule has 6 nitrogen and oxygen atoms in total. The molecule has 1 heterocycles. The molecular weight excluding hydrogens is 262 g/mol. The number of hydrogen-bond acceptors (Lipinski definition) is 5. The summed E-state index contributed by atoms with van der Waals surface area (Å²) in [7, 11) is 0. The number of hydrogen-bond donors (Lipinski definition) is 3. The largest absolute Gasteiger partial charge is 0.394 e. The van der Waals surface area contributed by atoms with Crippen LogP contribution >= 0.6 is 0 Å². The van der Waals surface area contributed by atoms with Gasteiger partial charge in [0, 0.05) is 6.54 Å². The van der Waals surface area contributed by atoms with Crippen LogP contribution in [0.2, 0.25) is 0 Å². The van der Waals surface area contributed by atoms with Gasteiger partial charge in [-0.05, 0) is 25.3 Å². The molecule has 2 rings (SSSR count). The van der Waals surface area contributed by atoms with Crippen LogP contribution in [0, 0.1) is 5.92 Å². The van der Waals surface area contributed by atoms with Gasteiger partial charge in [0.15, 0.2) is 5.60 Å². The molecule has 3 atom stereocenters. The maximum absolute atomic E-state index is 12.1. The van der Waals surface area contributed by atoms with Crippen LogP contribution in [-0.2, 0) is 9.59 Å². The first-order chi connectivity index (χ1) is 9.50. The highest BCUT2D eigenvalue weighted by molar-refractivity contribution is 6.11. The Morgan fingerprint density at radius 1 is 1.30 bits per heavy atom. The lowest BCUT2D eigenvalue weighted by Crippen LogP contribution is -2.42. The SMILES string of the molecule is O=C1C2C=CC=CC2(O)C(=O)N1CCCCC(O)CO. The predicted octanol–water partition coefficient (Wildman–Crippen LogP) is -0.648. The van der Waals surface area contributed by atoms with Gasteiger partial charge >= 0.3 is 0 Å². The van der Waals surface area contributed by atoms with E-state index in [9.17, 15) is 19.8 Å². The maximum Gasteiger partial charge on any atom is 0.266 e. The summed E-state index contributed by atoms with van der Waals surface area (Å²) in [5.41, 5.74) is -1.74. The van der Waals surface area contributed by atoms with Gasteiger partial charge in [0.25, 0.3) is 5.91 Å². The van der Waals surface area contributed by atoms with E-state index >= 15 is 0 Å². The topological polar surface area (TPSA) is 98.1 Å². The monoisotopic (exact) mass is 281 g/mol. The standard InChI is InChI=1S/C14H19NO5/c16-9-10(17)5-2-4-8-15-12(18)11-6-1-3-7-14(11,20)13(15)19/h1,3,6-7,10-11,16-17,20H,2,4-5,8-9H2. The number of imide groups is 1. The van der Waals surface area contributed by atoms with Gasteiger partial charge < -0.3 is 15.3 Å². The van der Waals surface area contributed by atoms with E-state index in [2.05, 4.69) is 0 Å². The molecule has 1 aliphatic heterocycles. The minimum atomic E-state index is -1.74. The average molecular weight is 281 g/mol. The molecule has 2 aliphatic rings. The quantitative estimate of drug-likeness (QED) is 0.444. The molecular formula is C14H19NO5. The molecule has 0 spiro atoms. The van der Waals surface area contributed by atoms with Crippen molar-refractivity contribution in [3.63, 3.8) is 0 Å². The molecule has 3 unspecified atom stereocenters. The number of nitrogens with zero attached hydrogens (tertiary/aromatic N) is 1. The van der Waals surface area contributed by atoms with Crippen molar-refractivity contribution >= 4 is 11.8 Å². The van der Waals surface area contributed by atoms with Crippen LogP contribution in [-0.4, -0.2) is 56.9 Å². The minimum Gasteiger partial charge on any atom is -0.394 e. The Morgan fingerprint density at radius 3 is 2.70 bits per heavy atom. The summed E-state index contributed by atoms with van der Waals surface area (Å²) in [5, 5.41) is 28.2. The summed E-state index contributed by atoms with van der Waals surface area (Å²) in [6.45, 7) is -0.0741. The smallest absolute Gasteiger partial charge is 0.266 e. The van der Waals surface area contributed by atoms with Crippen molar-refractivity contribution in [3.05, 3.63) is 24.3 Å². The zero-order chi connectivity index (χ0) is 14.8. The number of carbonyl (C=O) groups excluding carboxylic acids is 2. The van der Waals surface area contributed by atoms with Gasteiger partial charge in [-0.1, -0.05) is 18.2 Å². The normalized spacial score (nSPS) is 29.9. The second-order valence-corrected chi connectivity index (χ2v) is 5.17. The van der Waals surface area contributed by atoms with E-state index in [-0.39, 0.29) is 19.1 Å². The first-order valence-electron chi connectivity index (χ1n) is 6.74. The maximum atomic E-state index is 12.1. The molecule has 0 bridgehead atoms. The molecule has 0 aromatic heterocycles. The van der Waals surface area contributed by atoms with E-state index < -0.39 is 23.5 Å². The summed E-state index contributed by atoms with van der Waals surface area (Å²) >= 11 is 0. The van der Waals surface area contributed by atoms with Gasteiger partial charge in [-0.15, -0.1) is 0 Å². The molecule has 0 aromatic rings. The molecule has 1 fully saturated rings. The minimum absolute atomic E-state index is 0.219. The van der Waals surface area contributed by atoms with Gasteiger partial charge in [0.1, 0.15) is 0 Å². The fraction of sp³-hybridized carbons (Fsp3) is 0.571. The Kier molecular flexibility index (Phi) is 4.37. The Bertz CT molecular complexity index is 458. The third-order valence-electron chi connectivity index (χ3n) is 3.74. The second-order valence-electron chi connectivity index (χ2n) is 5.17. The number of unbranched alkanes of at least 4 members (excludes halogenated alkanes) is 1. The Balaban J connectivity index is 1.93. The van der Waals surface area contributed by atoms with Crippen LogP contribution in [0.4, 0.5) is 0 Å². The lowest BCUT2D eigenvalue weighted by Gasteiger charge is -2.21. The number of rotatable bonds is 6. The van der Waals surface area contributed by atoms with Crippen LogP contribution in [0.1, 0.15) is 19.3 Å². The van der Waals surface area contributed by atoms with E-state index in [1.807, 2.05) is 0 Å². The molecule has 6 heteroatoms. The van der Waals surface area contributed by atoms with Crippen molar-refractivity contribution in [1.82, 2.24) is 4.90 Å². The first kappa shape index (κ1) is 14.9. The summed E-state index contributed by atoms with van der Waals surface area (Å²) < 4.78 is 0. The lowest BCUT2D eigenvalue weighted by molar-refractivity contribution is -0.143. The van der Waals surface area contributed by atoms with Crippen LogP contribution in [0.5, 0.6) is 0 Å². The van der Waals surface area contributed by atoms with Crippen LogP contribution in [0.3, 0.4) is 0 Å². The number of aliphatic hydroxyl groups excluding tert-OH is 2. The summed E-state index contributed by atoms with van der Waals surface area (Å²) in [6, 6.07) is 0. The first-order valence-corrected chi connectivity index (χ1v) is 6.74. The molecule has 2 amide bonds. The molecule has 3 N–H and O–H groups in total. The Hall–Kier alpha value is -1.50. The van der Waals surface area contributed by atoms with Crippen molar-refractivity contribution in [2.75, 3.05) is 13.2 Å². The highest BCUT2D eigenvalue weighted by Crippen LogP contribution is 2.35. The predicted molar refractivity (Wildman–Crippen MR) is 70.4 cm³/mol. The number of carbonyl (C=O) groups is 2. The zero-order valence-corrected chi connectivity index (χ0v) is 11.1. The van der Waals surface area contributed by atoms with Crippen LogP contribution in [0.25, 0.3) is 0 Å². The molecule has 1 aliphatic carbocycles. The van der Waals surface area contributed by atoms with Gasteiger partial charge in [-0.25, -0.2) is 0 Å². The Labute approximate surface area is 117 Å². The third-order valence-corrected chi connectivity index (χ3v) is 3.74. The van der Waals surface area contributed by atoms with Crippen molar-refractivity contribution in [2.24, 2.45) is 5.92 Å². The van der Waals surface area contributed by atoms with E-state index in [1.54, 1.807) is 12.2 Å². The number of aliphatic hydroxyl groups is 3. The summed E-state index contributed by atoms with van der Waals surface area (Å²) in [4.78, 5) is 25.3. The summed E-state index contributed by atoms with van der Waals surface area (Å²) in [6.07, 6.45) is 6.87.